The van der Waals surface area contributed by atoms with Crippen LogP contribution in [0.2, 0.25) is 0 Å². The highest BCUT2D eigenvalue weighted by Gasteiger charge is 2.35. The van der Waals surface area contributed by atoms with Crippen LogP contribution >= 0.6 is 15.9 Å². The summed E-state index contributed by atoms with van der Waals surface area (Å²) in [6.07, 6.45) is 0. The molecule has 0 fully saturated rings. The summed E-state index contributed by atoms with van der Waals surface area (Å²) in [6.45, 7) is 0.139. The van der Waals surface area contributed by atoms with Crippen molar-refractivity contribution < 1.29 is 14.4 Å². The molecule has 5 nitrogen and oxygen atoms in total. The molecule has 0 spiro atoms. The zero-order valence-corrected chi connectivity index (χ0v) is 16.5. The molecule has 0 bridgehead atoms. The van der Waals surface area contributed by atoms with Gasteiger partial charge in [0.2, 0.25) is 0 Å². The van der Waals surface area contributed by atoms with Crippen molar-refractivity contribution in [2.75, 3.05) is 19.0 Å². The van der Waals surface area contributed by atoms with E-state index < -0.39 is 11.8 Å². The standard InChI is InChI=1S/C21H17BrN2O3/c1-23(2)19-14-9-6-10-15-18(14)16(11-17(19)22)21(26)24(20(15)25)27-12-13-7-4-3-5-8-13/h3-11H,12H2,1-2H3. The number of nitrogens with zero attached hydrogens (tertiary/aromatic N) is 2. The zero-order valence-electron chi connectivity index (χ0n) is 14.9. The molecule has 3 aromatic carbocycles. The highest BCUT2D eigenvalue weighted by molar-refractivity contribution is 9.10. The molecule has 27 heavy (non-hydrogen) atoms. The molecule has 0 radical (unpaired) electrons. The monoisotopic (exact) mass is 424 g/mol. The van der Waals surface area contributed by atoms with Gasteiger partial charge in [0.1, 0.15) is 6.61 Å². The lowest BCUT2D eigenvalue weighted by Gasteiger charge is -2.28. The fourth-order valence-electron chi connectivity index (χ4n) is 3.38. The summed E-state index contributed by atoms with van der Waals surface area (Å²) in [5.74, 6) is -0.897. The van der Waals surface area contributed by atoms with Gasteiger partial charge in [-0.15, -0.1) is 5.06 Å². The van der Waals surface area contributed by atoms with Gasteiger partial charge in [-0.2, -0.15) is 0 Å². The molecular weight excluding hydrogens is 408 g/mol. The summed E-state index contributed by atoms with van der Waals surface area (Å²) in [6, 6.07) is 16.7. The molecule has 0 N–H and O–H groups in total. The highest BCUT2D eigenvalue weighted by Crippen LogP contribution is 2.40. The molecule has 2 amide bonds. The van der Waals surface area contributed by atoms with Gasteiger partial charge in [0.15, 0.2) is 0 Å². The summed E-state index contributed by atoms with van der Waals surface area (Å²) >= 11 is 3.56. The Morgan fingerprint density at radius 3 is 2.37 bits per heavy atom. The van der Waals surface area contributed by atoms with Crippen LogP contribution in [0.1, 0.15) is 26.3 Å². The normalized spacial score (nSPS) is 13.4. The van der Waals surface area contributed by atoms with E-state index in [9.17, 15) is 9.59 Å². The Bertz CT molecular complexity index is 1060. The molecule has 4 rings (SSSR count). The Kier molecular flexibility index (Phi) is 4.45. The second-order valence-electron chi connectivity index (χ2n) is 6.54. The molecule has 0 aliphatic carbocycles. The number of benzene rings is 3. The lowest BCUT2D eigenvalue weighted by molar-refractivity contribution is -0.104. The largest absolute Gasteiger partial charge is 0.376 e. The quantitative estimate of drug-likeness (QED) is 0.582. The lowest BCUT2D eigenvalue weighted by Crippen LogP contribution is -2.40. The second-order valence-corrected chi connectivity index (χ2v) is 7.40. The van der Waals surface area contributed by atoms with Gasteiger partial charge in [0.05, 0.1) is 16.8 Å². The minimum absolute atomic E-state index is 0.139. The fraction of sp³-hybridized carbons (Fsp3) is 0.143. The van der Waals surface area contributed by atoms with Crippen molar-refractivity contribution in [2.45, 2.75) is 6.61 Å². The van der Waals surface area contributed by atoms with Gasteiger partial charge >= 0.3 is 0 Å². The first kappa shape index (κ1) is 17.7. The van der Waals surface area contributed by atoms with Crippen molar-refractivity contribution >= 4 is 44.2 Å². The third kappa shape index (κ3) is 2.91. The second kappa shape index (κ2) is 6.79. The van der Waals surface area contributed by atoms with Crippen molar-refractivity contribution in [3.8, 4) is 0 Å². The molecule has 0 saturated heterocycles. The van der Waals surface area contributed by atoms with Gasteiger partial charge < -0.3 is 4.90 Å². The molecule has 1 aliphatic rings. The Morgan fingerprint density at radius 2 is 1.67 bits per heavy atom. The summed E-state index contributed by atoms with van der Waals surface area (Å²) < 4.78 is 0.790. The van der Waals surface area contributed by atoms with E-state index in [0.29, 0.717) is 16.5 Å². The summed E-state index contributed by atoms with van der Waals surface area (Å²) in [5, 5.41) is 2.39. The van der Waals surface area contributed by atoms with Crippen LogP contribution in [0.25, 0.3) is 10.8 Å². The first-order valence-corrected chi connectivity index (χ1v) is 9.26. The maximum Gasteiger partial charge on any atom is 0.285 e. The van der Waals surface area contributed by atoms with E-state index in [2.05, 4.69) is 15.9 Å². The topological polar surface area (TPSA) is 49.9 Å². The van der Waals surface area contributed by atoms with Gasteiger partial charge in [-0.3, -0.25) is 14.4 Å². The third-order valence-electron chi connectivity index (χ3n) is 4.57. The number of carbonyl (C=O) groups is 2. The Morgan fingerprint density at radius 1 is 0.963 bits per heavy atom. The van der Waals surface area contributed by atoms with E-state index in [-0.39, 0.29) is 6.61 Å². The highest BCUT2D eigenvalue weighted by atomic mass is 79.9. The molecular formula is C21H17BrN2O3. The van der Waals surface area contributed by atoms with E-state index in [1.54, 1.807) is 12.1 Å². The number of rotatable bonds is 4. The van der Waals surface area contributed by atoms with Crippen molar-refractivity contribution in [1.82, 2.24) is 5.06 Å². The van der Waals surface area contributed by atoms with Gasteiger partial charge in [-0.25, -0.2) is 0 Å². The van der Waals surface area contributed by atoms with Crippen LogP contribution in [0.5, 0.6) is 0 Å². The predicted octanol–water partition coefficient (Wildman–Crippen LogP) is 4.40. The fourth-order valence-corrected chi connectivity index (χ4v) is 4.18. The van der Waals surface area contributed by atoms with Crippen LogP contribution in [0.15, 0.2) is 59.1 Å². The molecule has 0 unspecified atom stereocenters. The molecule has 0 aromatic heterocycles. The van der Waals surface area contributed by atoms with Crippen LogP contribution < -0.4 is 4.90 Å². The molecule has 1 heterocycles. The van der Waals surface area contributed by atoms with E-state index in [1.165, 1.54) is 0 Å². The van der Waals surface area contributed by atoms with Crippen molar-refractivity contribution in [1.29, 1.82) is 0 Å². The molecule has 1 aliphatic heterocycles. The van der Waals surface area contributed by atoms with Crippen LogP contribution in [0, 0.1) is 0 Å². The van der Waals surface area contributed by atoms with Gasteiger partial charge in [-0.1, -0.05) is 42.5 Å². The van der Waals surface area contributed by atoms with Gasteiger partial charge in [0.25, 0.3) is 11.8 Å². The predicted molar refractivity (Wildman–Crippen MR) is 108 cm³/mol. The van der Waals surface area contributed by atoms with Crippen molar-refractivity contribution in [3.63, 3.8) is 0 Å². The Labute approximate surface area is 165 Å². The maximum absolute atomic E-state index is 13.0. The lowest BCUT2D eigenvalue weighted by atomic mass is 9.93. The van der Waals surface area contributed by atoms with E-state index in [0.717, 1.165) is 26.2 Å². The van der Waals surface area contributed by atoms with E-state index in [1.807, 2.05) is 61.5 Å². The van der Waals surface area contributed by atoms with Gasteiger partial charge in [0, 0.05) is 29.3 Å². The van der Waals surface area contributed by atoms with Crippen molar-refractivity contribution in [2.24, 2.45) is 0 Å². The molecule has 6 heteroatoms. The number of amides is 2. The SMILES string of the molecule is CN(C)c1c(Br)cc2c3c(cccc13)C(=O)N(OCc1ccccc1)C2=O. The number of hydrogen-bond donors (Lipinski definition) is 0. The van der Waals surface area contributed by atoms with Crippen LogP contribution in [0.3, 0.4) is 0 Å². The number of hydrogen-bond acceptors (Lipinski definition) is 4. The van der Waals surface area contributed by atoms with Crippen LogP contribution in [0.4, 0.5) is 5.69 Å². The first-order chi connectivity index (χ1) is 13.0. The Hall–Kier alpha value is -2.70. The smallest absolute Gasteiger partial charge is 0.285 e. The molecule has 136 valence electrons. The van der Waals surface area contributed by atoms with Crippen LogP contribution in [-0.2, 0) is 11.4 Å². The minimum Gasteiger partial charge on any atom is -0.376 e. The average Bonchev–Trinajstić information content (AvgIpc) is 2.66. The number of carbonyl (C=O) groups excluding carboxylic acids is 2. The molecule has 0 saturated carbocycles. The number of hydroxylamine groups is 2. The summed E-state index contributed by atoms with van der Waals surface area (Å²) in [5.41, 5.74) is 2.72. The van der Waals surface area contributed by atoms with E-state index >= 15 is 0 Å². The minimum atomic E-state index is -0.453. The Balaban J connectivity index is 1.80. The average molecular weight is 425 g/mol. The zero-order chi connectivity index (χ0) is 19.1. The summed E-state index contributed by atoms with van der Waals surface area (Å²) in [7, 11) is 3.85. The van der Waals surface area contributed by atoms with E-state index in [4.69, 9.17) is 4.84 Å². The number of imide groups is 1. The first-order valence-electron chi connectivity index (χ1n) is 8.47. The van der Waals surface area contributed by atoms with Gasteiger partial charge in [-0.05, 0) is 33.6 Å². The van der Waals surface area contributed by atoms with Crippen molar-refractivity contribution in [3.05, 3.63) is 75.8 Å². The van der Waals surface area contributed by atoms with Crippen LogP contribution in [-0.4, -0.2) is 31.0 Å². The third-order valence-corrected chi connectivity index (χ3v) is 5.17. The molecule has 3 aromatic rings. The number of halogens is 1. The summed E-state index contributed by atoms with van der Waals surface area (Å²) in [4.78, 5) is 33.5. The molecule has 0 atom stereocenters. The maximum atomic E-state index is 13.0. The number of anilines is 1.